The number of benzene rings is 2. The normalized spacial score (nSPS) is 11.6. The minimum Gasteiger partial charge on any atom is -0.494 e. The SMILES string of the molecule is C#CCn1c(=NC(=O)c2ccc(OCCCCC)cc2)sc2cc(C)cc(C)c21. The molecule has 0 fully saturated rings. The molecule has 0 atom stereocenters. The number of thiazole rings is 1. The zero-order valence-corrected chi connectivity index (χ0v) is 18.0. The summed E-state index contributed by atoms with van der Waals surface area (Å²) in [5.74, 6) is 3.16. The van der Waals surface area contributed by atoms with Crippen molar-refractivity contribution in [2.75, 3.05) is 6.61 Å². The van der Waals surface area contributed by atoms with Gasteiger partial charge < -0.3 is 9.30 Å². The molecule has 1 heterocycles. The van der Waals surface area contributed by atoms with Crippen LogP contribution in [0.4, 0.5) is 0 Å². The second-order valence-corrected chi connectivity index (χ2v) is 8.11. The Morgan fingerprint density at radius 3 is 2.66 bits per heavy atom. The van der Waals surface area contributed by atoms with Crippen molar-refractivity contribution in [3.63, 3.8) is 0 Å². The molecule has 1 amide bonds. The minimum absolute atomic E-state index is 0.283. The van der Waals surface area contributed by atoms with Gasteiger partial charge >= 0.3 is 0 Å². The number of unbranched alkanes of at least 4 members (excludes halogenated alkanes) is 2. The summed E-state index contributed by atoms with van der Waals surface area (Å²) >= 11 is 1.49. The number of aryl methyl sites for hydroxylation is 2. The smallest absolute Gasteiger partial charge is 0.279 e. The zero-order chi connectivity index (χ0) is 20.8. The predicted molar refractivity (Wildman–Crippen MR) is 119 cm³/mol. The number of rotatable bonds is 7. The molecule has 0 radical (unpaired) electrons. The third-order valence-corrected chi connectivity index (χ3v) is 5.70. The molecule has 0 saturated carbocycles. The van der Waals surface area contributed by atoms with E-state index in [1.54, 1.807) is 12.1 Å². The summed E-state index contributed by atoms with van der Waals surface area (Å²) in [7, 11) is 0. The standard InChI is InChI=1S/C24H26N2O2S/c1-5-7-8-14-28-20-11-9-19(10-12-20)23(27)25-24-26(13-6-2)22-18(4)15-17(3)16-21(22)29-24/h2,9-12,15-16H,5,7-8,13-14H2,1,3-4H3. The lowest BCUT2D eigenvalue weighted by Gasteiger charge is -2.06. The van der Waals surface area contributed by atoms with Gasteiger partial charge in [0.25, 0.3) is 5.91 Å². The fourth-order valence-electron chi connectivity index (χ4n) is 3.30. The highest BCUT2D eigenvalue weighted by atomic mass is 32.1. The van der Waals surface area contributed by atoms with E-state index >= 15 is 0 Å². The number of carbonyl (C=O) groups excluding carboxylic acids is 1. The third-order valence-electron chi connectivity index (χ3n) is 4.68. The van der Waals surface area contributed by atoms with Gasteiger partial charge in [0.2, 0.25) is 0 Å². The van der Waals surface area contributed by atoms with Crippen LogP contribution in [0.2, 0.25) is 0 Å². The molecule has 0 aliphatic rings. The molecular weight excluding hydrogens is 380 g/mol. The number of hydrogen-bond donors (Lipinski definition) is 0. The Balaban J connectivity index is 1.89. The quantitative estimate of drug-likeness (QED) is 0.397. The van der Waals surface area contributed by atoms with Crippen molar-refractivity contribution in [1.82, 2.24) is 4.57 Å². The van der Waals surface area contributed by atoms with Crippen LogP contribution in [0.5, 0.6) is 5.75 Å². The Hall–Kier alpha value is -2.84. The van der Waals surface area contributed by atoms with Crippen molar-refractivity contribution in [2.24, 2.45) is 4.99 Å². The average Bonchev–Trinajstić information content (AvgIpc) is 3.03. The topological polar surface area (TPSA) is 43.6 Å². The molecule has 5 heteroatoms. The number of terminal acetylenes is 1. The summed E-state index contributed by atoms with van der Waals surface area (Å²) < 4.78 is 8.74. The number of ether oxygens (including phenoxy) is 1. The van der Waals surface area contributed by atoms with Gasteiger partial charge in [-0.05, 0) is 61.7 Å². The molecule has 3 rings (SSSR count). The van der Waals surface area contributed by atoms with E-state index in [9.17, 15) is 4.79 Å². The fraction of sp³-hybridized carbons (Fsp3) is 0.333. The molecule has 0 unspecified atom stereocenters. The molecular formula is C24H26N2O2S. The number of fused-ring (bicyclic) bond motifs is 1. The van der Waals surface area contributed by atoms with Crippen molar-refractivity contribution in [2.45, 2.75) is 46.6 Å². The fourth-order valence-corrected chi connectivity index (χ4v) is 4.51. The van der Waals surface area contributed by atoms with Crippen LogP contribution in [0.3, 0.4) is 0 Å². The van der Waals surface area contributed by atoms with E-state index in [2.05, 4.69) is 43.8 Å². The van der Waals surface area contributed by atoms with Gasteiger partial charge in [0.05, 0.1) is 23.4 Å². The summed E-state index contributed by atoms with van der Waals surface area (Å²) in [5.41, 5.74) is 3.88. The Labute approximate surface area is 175 Å². The summed E-state index contributed by atoms with van der Waals surface area (Å²) in [6, 6.07) is 11.4. The summed E-state index contributed by atoms with van der Waals surface area (Å²) in [6.07, 6.45) is 8.92. The van der Waals surface area contributed by atoms with Gasteiger partial charge in [-0.2, -0.15) is 4.99 Å². The molecule has 0 saturated heterocycles. The van der Waals surface area contributed by atoms with Gasteiger partial charge in [0, 0.05) is 5.56 Å². The van der Waals surface area contributed by atoms with Gasteiger partial charge in [-0.15, -0.1) is 6.42 Å². The highest BCUT2D eigenvalue weighted by molar-refractivity contribution is 7.16. The van der Waals surface area contributed by atoms with Crippen molar-refractivity contribution in [3.05, 3.63) is 57.9 Å². The molecule has 0 bridgehead atoms. The largest absolute Gasteiger partial charge is 0.494 e. The lowest BCUT2D eigenvalue weighted by molar-refractivity contribution is 0.0998. The minimum atomic E-state index is -0.283. The average molecular weight is 407 g/mol. The number of carbonyl (C=O) groups is 1. The highest BCUT2D eigenvalue weighted by Gasteiger charge is 2.11. The van der Waals surface area contributed by atoms with Gasteiger partial charge in [-0.1, -0.05) is 43.1 Å². The molecule has 0 N–H and O–H groups in total. The molecule has 2 aromatic carbocycles. The van der Waals surface area contributed by atoms with E-state index < -0.39 is 0 Å². The molecule has 0 aliphatic carbocycles. The number of nitrogens with zero attached hydrogens (tertiary/aromatic N) is 2. The van der Waals surface area contributed by atoms with Crippen molar-refractivity contribution in [1.29, 1.82) is 0 Å². The van der Waals surface area contributed by atoms with Crippen LogP contribution in [-0.4, -0.2) is 17.1 Å². The predicted octanol–water partition coefficient (Wildman–Crippen LogP) is 5.26. The van der Waals surface area contributed by atoms with Crippen LogP contribution < -0.4 is 9.54 Å². The molecule has 4 nitrogen and oxygen atoms in total. The second kappa shape index (κ2) is 9.58. The number of amides is 1. The van der Waals surface area contributed by atoms with Crippen LogP contribution in [0.25, 0.3) is 10.2 Å². The summed E-state index contributed by atoms with van der Waals surface area (Å²) in [4.78, 5) is 17.7. The Morgan fingerprint density at radius 1 is 1.21 bits per heavy atom. The first kappa shape index (κ1) is 20.9. The Bertz CT molecular complexity index is 1110. The Kier molecular flexibility index (Phi) is 6.90. The molecule has 150 valence electrons. The summed E-state index contributed by atoms with van der Waals surface area (Å²) in [5, 5.41) is 0. The lowest BCUT2D eigenvalue weighted by Crippen LogP contribution is -2.17. The van der Waals surface area contributed by atoms with Crippen LogP contribution >= 0.6 is 11.3 Å². The lowest BCUT2D eigenvalue weighted by atomic mass is 10.1. The number of aromatic nitrogens is 1. The van der Waals surface area contributed by atoms with Gasteiger partial charge in [-0.25, -0.2) is 0 Å². The molecule has 1 aromatic heterocycles. The first-order valence-electron chi connectivity index (χ1n) is 9.89. The van der Waals surface area contributed by atoms with Gasteiger partial charge in [0.1, 0.15) is 5.75 Å². The van der Waals surface area contributed by atoms with E-state index in [4.69, 9.17) is 11.2 Å². The van der Waals surface area contributed by atoms with Crippen LogP contribution in [0.1, 0.15) is 47.7 Å². The van der Waals surface area contributed by atoms with Gasteiger partial charge in [-0.3, -0.25) is 4.79 Å². The highest BCUT2D eigenvalue weighted by Crippen LogP contribution is 2.23. The van der Waals surface area contributed by atoms with Crippen LogP contribution in [0, 0.1) is 26.2 Å². The third kappa shape index (κ3) is 4.96. The molecule has 29 heavy (non-hydrogen) atoms. The molecule has 3 aromatic rings. The molecule has 0 spiro atoms. The monoisotopic (exact) mass is 406 g/mol. The van der Waals surface area contributed by atoms with Crippen LogP contribution in [-0.2, 0) is 6.54 Å². The van der Waals surface area contributed by atoms with E-state index in [-0.39, 0.29) is 5.91 Å². The first-order chi connectivity index (χ1) is 14.0. The van der Waals surface area contributed by atoms with E-state index in [0.717, 1.165) is 40.8 Å². The van der Waals surface area contributed by atoms with Crippen molar-refractivity contribution < 1.29 is 9.53 Å². The Morgan fingerprint density at radius 2 is 1.97 bits per heavy atom. The van der Waals surface area contributed by atoms with Crippen LogP contribution in [0.15, 0.2) is 41.4 Å². The second-order valence-electron chi connectivity index (χ2n) is 7.10. The zero-order valence-electron chi connectivity index (χ0n) is 17.2. The van der Waals surface area contributed by atoms with Crippen molar-refractivity contribution >= 4 is 27.5 Å². The van der Waals surface area contributed by atoms with E-state index in [1.165, 1.54) is 16.9 Å². The number of hydrogen-bond acceptors (Lipinski definition) is 3. The van der Waals surface area contributed by atoms with E-state index in [0.29, 0.717) is 23.5 Å². The molecule has 0 aliphatic heterocycles. The maximum Gasteiger partial charge on any atom is 0.279 e. The maximum atomic E-state index is 12.7. The van der Waals surface area contributed by atoms with Crippen molar-refractivity contribution in [3.8, 4) is 18.1 Å². The first-order valence-corrected chi connectivity index (χ1v) is 10.7. The van der Waals surface area contributed by atoms with E-state index in [1.807, 2.05) is 16.7 Å². The maximum absolute atomic E-state index is 12.7. The van der Waals surface area contributed by atoms with Gasteiger partial charge in [0.15, 0.2) is 4.80 Å². The summed E-state index contributed by atoms with van der Waals surface area (Å²) in [6.45, 7) is 7.35.